The van der Waals surface area contributed by atoms with Crippen LogP contribution in [0.3, 0.4) is 0 Å². The second-order valence-electron chi connectivity index (χ2n) is 4.59. The number of hydrogen-bond acceptors (Lipinski definition) is 4. The molecule has 0 aliphatic carbocycles. The van der Waals surface area contributed by atoms with E-state index in [1.807, 2.05) is 42.5 Å². The van der Waals surface area contributed by atoms with Gasteiger partial charge in [0.15, 0.2) is 11.6 Å². The lowest BCUT2D eigenvalue weighted by atomic mass is 10.1. The zero-order valence-corrected chi connectivity index (χ0v) is 11.2. The van der Waals surface area contributed by atoms with Gasteiger partial charge in [-0.2, -0.15) is 5.26 Å². The summed E-state index contributed by atoms with van der Waals surface area (Å²) in [5, 5.41) is 8.84. The molecule has 0 radical (unpaired) electrons. The minimum absolute atomic E-state index is 0.388. The number of benzene rings is 2. The molecule has 0 amide bonds. The minimum Gasteiger partial charge on any atom is -0.382 e. The number of hydrogen-bond donors (Lipinski definition) is 2. The lowest BCUT2D eigenvalue weighted by molar-refractivity contribution is 1.02. The van der Waals surface area contributed by atoms with Gasteiger partial charge < -0.3 is 11.6 Å². The third-order valence-electron chi connectivity index (χ3n) is 3.27. The molecule has 3 aromatic rings. The zero-order chi connectivity index (χ0) is 14.8. The smallest absolute Gasteiger partial charge is 0.160 e. The summed E-state index contributed by atoms with van der Waals surface area (Å²) in [6.45, 7) is 0. The van der Waals surface area contributed by atoms with Crippen LogP contribution in [-0.4, -0.2) is 9.66 Å². The Hall–Kier alpha value is -3.26. The van der Waals surface area contributed by atoms with Gasteiger partial charge in [0.25, 0.3) is 0 Å². The number of anilines is 1. The van der Waals surface area contributed by atoms with E-state index in [1.165, 1.54) is 4.68 Å². The largest absolute Gasteiger partial charge is 0.382 e. The standard InChI is InChI=1S/C16H13N5/c17-10-11-6-8-12(9-7-11)14-15(18)21(19)16(20-14)13-4-2-1-3-5-13/h1-9H,18-19H2. The Morgan fingerprint density at radius 1 is 0.952 bits per heavy atom. The van der Waals surface area contributed by atoms with Crippen LogP contribution >= 0.6 is 0 Å². The van der Waals surface area contributed by atoms with Crippen LogP contribution in [0.1, 0.15) is 5.56 Å². The summed E-state index contributed by atoms with van der Waals surface area (Å²) in [5.74, 6) is 7.00. The molecule has 0 saturated heterocycles. The lowest BCUT2D eigenvalue weighted by Gasteiger charge is -2.02. The maximum Gasteiger partial charge on any atom is 0.160 e. The lowest BCUT2D eigenvalue weighted by Crippen LogP contribution is -2.13. The van der Waals surface area contributed by atoms with E-state index in [0.29, 0.717) is 22.9 Å². The molecule has 0 fully saturated rings. The quantitative estimate of drug-likeness (QED) is 0.702. The summed E-state index contributed by atoms with van der Waals surface area (Å²) in [7, 11) is 0. The number of nitrogens with zero attached hydrogens (tertiary/aromatic N) is 3. The Kier molecular flexibility index (Phi) is 3.05. The van der Waals surface area contributed by atoms with Crippen LogP contribution in [0.2, 0.25) is 0 Å². The van der Waals surface area contributed by atoms with E-state index in [9.17, 15) is 0 Å². The molecule has 5 nitrogen and oxygen atoms in total. The molecule has 0 spiro atoms. The number of aromatic nitrogens is 2. The second-order valence-corrected chi connectivity index (χ2v) is 4.59. The molecule has 0 bridgehead atoms. The Labute approximate surface area is 122 Å². The molecule has 0 saturated carbocycles. The first-order chi connectivity index (χ1) is 10.2. The van der Waals surface area contributed by atoms with Crippen LogP contribution in [0.15, 0.2) is 54.6 Å². The topological polar surface area (TPSA) is 93.6 Å². The SMILES string of the molecule is N#Cc1ccc(-c2nc(-c3ccccc3)n(N)c2N)cc1. The zero-order valence-electron chi connectivity index (χ0n) is 11.2. The van der Waals surface area contributed by atoms with E-state index < -0.39 is 0 Å². The van der Waals surface area contributed by atoms with E-state index >= 15 is 0 Å². The molecule has 0 atom stereocenters. The van der Waals surface area contributed by atoms with Crippen LogP contribution in [0.5, 0.6) is 0 Å². The molecular formula is C16H13N5. The minimum atomic E-state index is 0.388. The normalized spacial score (nSPS) is 10.2. The molecule has 3 rings (SSSR count). The van der Waals surface area contributed by atoms with Crippen LogP contribution in [0.4, 0.5) is 5.82 Å². The Morgan fingerprint density at radius 2 is 1.62 bits per heavy atom. The highest BCUT2D eigenvalue weighted by molar-refractivity contribution is 5.75. The molecule has 102 valence electrons. The van der Waals surface area contributed by atoms with Gasteiger partial charge in [0.2, 0.25) is 0 Å². The molecule has 0 aliphatic heterocycles. The van der Waals surface area contributed by atoms with Crippen molar-refractivity contribution < 1.29 is 0 Å². The van der Waals surface area contributed by atoms with Crippen molar-refractivity contribution >= 4 is 5.82 Å². The van der Waals surface area contributed by atoms with E-state index in [4.69, 9.17) is 16.8 Å². The van der Waals surface area contributed by atoms with Crippen molar-refractivity contribution in [2.24, 2.45) is 0 Å². The molecule has 0 unspecified atom stereocenters. The average molecular weight is 275 g/mol. The van der Waals surface area contributed by atoms with Gasteiger partial charge in [-0.3, -0.25) is 0 Å². The highest BCUT2D eigenvalue weighted by Gasteiger charge is 2.15. The van der Waals surface area contributed by atoms with Crippen molar-refractivity contribution in [2.45, 2.75) is 0 Å². The summed E-state index contributed by atoms with van der Waals surface area (Å²) < 4.78 is 1.38. The van der Waals surface area contributed by atoms with Crippen molar-refractivity contribution in [1.82, 2.24) is 9.66 Å². The van der Waals surface area contributed by atoms with E-state index in [1.54, 1.807) is 12.1 Å². The van der Waals surface area contributed by atoms with E-state index in [-0.39, 0.29) is 0 Å². The molecule has 1 heterocycles. The molecule has 5 heteroatoms. The van der Waals surface area contributed by atoms with Crippen molar-refractivity contribution in [3.63, 3.8) is 0 Å². The molecule has 4 N–H and O–H groups in total. The first-order valence-corrected chi connectivity index (χ1v) is 6.40. The Balaban J connectivity index is 2.10. The van der Waals surface area contributed by atoms with Gasteiger partial charge in [-0.15, -0.1) is 0 Å². The maximum atomic E-state index is 8.84. The highest BCUT2D eigenvalue weighted by Crippen LogP contribution is 2.29. The van der Waals surface area contributed by atoms with E-state index in [0.717, 1.165) is 11.1 Å². The highest BCUT2D eigenvalue weighted by atomic mass is 15.4. The molecule has 0 aliphatic rings. The van der Waals surface area contributed by atoms with Crippen LogP contribution in [0.25, 0.3) is 22.6 Å². The van der Waals surface area contributed by atoms with Gasteiger partial charge in [0, 0.05) is 11.1 Å². The van der Waals surface area contributed by atoms with Gasteiger partial charge in [-0.1, -0.05) is 42.5 Å². The van der Waals surface area contributed by atoms with Gasteiger partial charge >= 0.3 is 0 Å². The average Bonchev–Trinajstić information content (AvgIpc) is 2.84. The van der Waals surface area contributed by atoms with Gasteiger partial charge in [-0.25, -0.2) is 9.66 Å². The summed E-state index contributed by atoms with van der Waals surface area (Å²) in [4.78, 5) is 4.54. The molecule has 1 aromatic heterocycles. The number of nitrogens with two attached hydrogens (primary N) is 2. The maximum absolute atomic E-state index is 8.84. The Bertz CT molecular complexity index is 810. The van der Waals surface area contributed by atoms with Crippen molar-refractivity contribution in [3.8, 4) is 28.7 Å². The van der Waals surface area contributed by atoms with Gasteiger partial charge in [0.05, 0.1) is 11.6 Å². The number of imidazole rings is 1. The number of nitrogen functional groups attached to an aromatic ring is 2. The molecule has 21 heavy (non-hydrogen) atoms. The van der Waals surface area contributed by atoms with E-state index in [2.05, 4.69) is 11.1 Å². The fourth-order valence-electron chi connectivity index (χ4n) is 2.15. The summed E-state index contributed by atoms with van der Waals surface area (Å²) in [6.07, 6.45) is 0. The van der Waals surface area contributed by atoms with Gasteiger partial charge in [0.1, 0.15) is 5.69 Å². The summed E-state index contributed by atoms with van der Waals surface area (Å²) in [5.41, 5.74) is 8.98. The fourth-order valence-corrected chi connectivity index (χ4v) is 2.15. The summed E-state index contributed by atoms with van der Waals surface area (Å²) >= 11 is 0. The van der Waals surface area contributed by atoms with Crippen LogP contribution < -0.4 is 11.6 Å². The third kappa shape index (κ3) is 2.19. The summed E-state index contributed by atoms with van der Waals surface area (Å²) in [6, 6.07) is 18.8. The first-order valence-electron chi connectivity index (χ1n) is 6.40. The predicted octanol–water partition coefficient (Wildman–Crippen LogP) is 2.38. The second kappa shape index (κ2) is 5.02. The molecule has 2 aromatic carbocycles. The third-order valence-corrected chi connectivity index (χ3v) is 3.27. The predicted molar refractivity (Wildman–Crippen MR) is 82.4 cm³/mol. The fraction of sp³-hybridized carbons (Fsp3) is 0. The van der Waals surface area contributed by atoms with Crippen molar-refractivity contribution in [3.05, 3.63) is 60.2 Å². The van der Waals surface area contributed by atoms with Gasteiger partial charge in [-0.05, 0) is 12.1 Å². The number of nitriles is 1. The monoisotopic (exact) mass is 275 g/mol. The molecular weight excluding hydrogens is 262 g/mol. The first kappa shape index (κ1) is 12.8. The Morgan fingerprint density at radius 3 is 2.24 bits per heavy atom. The number of rotatable bonds is 2. The van der Waals surface area contributed by atoms with Crippen LogP contribution in [0, 0.1) is 11.3 Å². The van der Waals surface area contributed by atoms with Crippen LogP contribution in [-0.2, 0) is 0 Å². The van der Waals surface area contributed by atoms with Crippen molar-refractivity contribution in [1.29, 1.82) is 5.26 Å². The van der Waals surface area contributed by atoms with Crippen molar-refractivity contribution in [2.75, 3.05) is 11.6 Å².